The molecule has 0 amide bonds. The number of fused-ring (bicyclic) bond motifs is 1. The third-order valence-corrected chi connectivity index (χ3v) is 5.15. The number of hydrogen-bond donors (Lipinski definition) is 0. The maximum Gasteiger partial charge on any atom is 0.153 e. The molecule has 0 spiro atoms. The monoisotopic (exact) mass is 317 g/mol. The first-order valence-electron chi connectivity index (χ1n) is 6.99. The Morgan fingerprint density at radius 3 is 2.81 bits per heavy atom. The number of carbonyl (C=O) groups is 1. The fourth-order valence-electron chi connectivity index (χ4n) is 2.84. The topological polar surface area (TPSA) is 20.3 Å². The summed E-state index contributed by atoms with van der Waals surface area (Å²) in [5.74, 6) is 0. The average Bonchev–Trinajstić information content (AvgIpc) is 2.87. The quantitative estimate of drug-likeness (QED) is 0.746. The molecule has 1 aliphatic heterocycles. The summed E-state index contributed by atoms with van der Waals surface area (Å²) >= 11 is 7.74. The summed E-state index contributed by atoms with van der Waals surface area (Å²) in [5, 5.41) is 0.556. The number of hydrogen-bond acceptors (Lipinski definition) is 3. The van der Waals surface area contributed by atoms with Crippen molar-refractivity contribution in [1.82, 2.24) is 0 Å². The van der Waals surface area contributed by atoms with E-state index in [9.17, 15) is 4.79 Å². The Kier molecular flexibility index (Phi) is 4.22. The van der Waals surface area contributed by atoms with Gasteiger partial charge < -0.3 is 9.69 Å². The minimum atomic E-state index is -0.175. The van der Waals surface area contributed by atoms with Crippen LogP contribution in [0.25, 0.3) is 0 Å². The normalized spacial score (nSPS) is 18.4. The van der Waals surface area contributed by atoms with Crippen molar-refractivity contribution < 1.29 is 4.79 Å². The summed E-state index contributed by atoms with van der Waals surface area (Å²) in [6, 6.07) is 16.2. The van der Waals surface area contributed by atoms with E-state index in [1.165, 1.54) is 0 Å². The molecule has 2 atom stereocenters. The number of halogens is 1. The molecule has 0 N–H and O–H groups in total. The number of para-hydroxylation sites is 1. The predicted molar refractivity (Wildman–Crippen MR) is 89.1 cm³/mol. The van der Waals surface area contributed by atoms with Gasteiger partial charge in [0, 0.05) is 9.92 Å². The van der Waals surface area contributed by atoms with Gasteiger partial charge in [-0.2, -0.15) is 0 Å². The number of carbonyl (C=O) groups excluding carboxylic acids is 1. The molecule has 0 saturated heterocycles. The second-order valence-electron chi connectivity index (χ2n) is 5.00. The molecule has 21 heavy (non-hydrogen) atoms. The van der Waals surface area contributed by atoms with Crippen molar-refractivity contribution in [3.8, 4) is 0 Å². The molecule has 0 fully saturated rings. The highest BCUT2D eigenvalue weighted by Crippen LogP contribution is 2.47. The molecular formula is C17H16ClNOS. The van der Waals surface area contributed by atoms with Crippen LogP contribution in [0, 0.1) is 0 Å². The first-order valence-corrected chi connectivity index (χ1v) is 8.25. The fraction of sp³-hybridized carbons (Fsp3) is 0.235. The lowest BCUT2D eigenvalue weighted by Gasteiger charge is -2.32. The SMILES string of the molecule is CC[C@H](c1cccc(Cl)c1)N1c2ccccc2SC1C=O. The summed E-state index contributed by atoms with van der Waals surface area (Å²) in [4.78, 5) is 14.9. The van der Waals surface area contributed by atoms with Gasteiger partial charge in [-0.15, -0.1) is 0 Å². The first-order chi connectivity index (χ1) is 10.2. The minimum Gasteiger partial charge on any atom is -0.345 e. The van der Waals surface area contributed by atoms with Crippen LogP contribution in [0.1, 0.15) is 24.9 Å². The lowest BCUT2D eigenvalue weighted by Crippen LogP contribution is -2.34. The number of rotatable bonds is 4. The zero-order chi connectivity index (χ0) is 14.8. The largest absolute Gasteiger partial charge is 0.345 e. The van der Waals surface area contributed by atoms with Crippen LogP contribution in [0.5, 0.6) is 0 Å². The molecule has 0 aromatic heterocycles. The van der Waals surface area contributed by atoms with Crippen LogP contribution < -0.4 is 4.90 Å². The van der Waals surface area contributed by atoms with Crippen molar-refractivity contribution in [3.63, 3.8) is 0 Å². The van der Waals surface area contributed by atoms with Crippen molar-refractivity contribution in [2.45, 2.75) is 29.7 Å². The Labute approximate surface area is 134 Å². The van der Waals surface area contributed by atoms with E-state index in [1.807, 2.05) is 30.3 Å². The molecule has 0 aliphatic carbocycles. The third-order valence-electron chi connectivity index (χ3n) is 3.74. The van der Waals surface area contributed by atoms with Gasteiger partial charge in [0.1, 0.15) is 5.37 Å². The third kappa shape index (κ3) is 2.68. The van der Waals surface area contributed by atoms with Gasteiger partial charge in [-0.3, -0.25) is 0 Å². The Morgan fingerprint density at radius 1 is 1.29 bits per heavy atom. The Hall–Kier alpha value is -1.45. The number of aldehydes is 1. The molecule has 0 bridgehead atoms. The van der Waals surface area contributed by atoms with E-state index >= 15 is 0 Å². The molecule has 2 aromatic rings. The summed E-state index contributed by atoms with van der Waals surface area (Å²) in [7, 11) is 0. The Bertz CT molecular complexity index is 661. The minimum absolute atomic E-state index is 0.148. The van der Waals surface area contributed by atoms with Crippen LogP contribution in [0.4, 0.5) is 5.69 Å². The predicted octanol–water partition coefficient (Wildman–Crippen LogP) is 4.93. The molecule has 1 heterocycles. The van der Waals surface area contributed by atoms with Crippen LogP contribution >= 0.6 is 23.4 Å². The molecule has 108 valence electrons. The molecule has 2 nitrogen and oxygen atoms in total. The number of nitrogens with zero attached hydrogens (tertiary/aromatic N) is 1. The molecule has 2 aromatic carbocycles. The second kappa shape index (κ2) is 6.12. The van der Waals surface area contributed by atoms with Crippen LogP contribution in [0.3, 0.4) is 0 Å². The first kappa shape index (κ1) is 14.5. The van der Waals surface area contributed by atoms with Gasteiger partial charge >= 0.3 is 0 Å². The van der Waals surface area contributed by atoms with Gasteiger partial charge in [0.2, 0.25) is 0 Å². The Morgan fingerprint density at radius 2 is 2.10 bits per heavy atom. The molecule has 3 rings (SSSR count). The van der Waals surface area contributed by atoms with E-state index in [2.05, 4.69) is 30.0 Å². The van der Waals surface area contributed by atoms with E-state index < -0.39 is 0 Å². The van der Waals surface area contributed by atoms with Crippen molar-refractivity contribution in [2.24, 2.45) is 0 Å². The van der Waals surface area contributed by atoms with Gasteiger partial charge in [0.05, 0.1) is 11.7 Å². The summed E-state index contributed by atoms with van der Waals surface area (Å²) in [5.41, 5.74) is 2.28. The highest BCUT2D eigenvalue weighted by atomic mass is 35.5. The van der Waals surface area contributed by atoms with Crippen LogP contribution in [-0.4, -0.2) is 11.7 Å². The lowest BCUT2D eigenvalue weighted by atomic mass is 10.0. The van der Waals surface area contributed by atoms with E-state index in [0.29, 0.717) is 0 Å². The summed E-state index contributed by atoms with van der Waals surface area (Å²) in [6.45, 7) is 2.14. The molecule has 0 saturated carbocycles. The molecular weight excluding hydrogens is 302 g/mol. The van der Waals surface area contributed by atoms with Gasteiger partial charge in [0.15, 0.2) is 6.29 Å². The highest BCUT2D eigenvalue weighted by molar-refractivity contribution is 8.01. The molecule has 0 radical (unpaired) electrons. The van der Waals surface area contributed by atoms with E-state index in [1.54, 1.807) is 11.8 Å². The zero-order valence-corrected chi connectivity index (χ0v) is 13.3. The van der Waals surface area contributed by atoms with E-state index in [0.717, 1.165) is 33.9 Å². The van der Waals surface area contributed by atoms with Gasteiger partial charge in [-0.05, 0) is 36.2 Å². The van der Waals surface area contributed by atoms with Crippen LogP contribution in [0.15, 0.2) is 53.4 Å². The summed E-state index contributed by atoms with van der Waals surface area (Å²) < 4.78 is 0. The van der Waals surface area contributed by atoms with Crippen molar-refractivity contribution in [1.29, 1.82) is 0 Å². The van der Waals surface area contributed by atoms with E-state index in [-0.39, 0.29) is 11.4 Å². The number of benzene rings is 2. The van der Waals surface area contributed by atoms with Gasteiger partial charge in [-0.1, -0.05) is 54.6 Å². The smallest absolute Gasteiger partial charge is 0.153 e. The molecule has 1 unspecified atom stereocenters. The Balaban J connectivity index is 2.05. The van der Waals surface area contributed by atoms with Gasteiger partial charge in [0.25, 0.3) is 0 Å². The zero-order valence-electron chi connectivity index (χ0n) is 11.7. The number of anilines is 1. The molecule has 1 aliphatic rings. The highest BCUT2D eigenvalue weighted by Gasteiger charge is 2.34. The van der Waals surface area contributed by atoms with E-state index in [4.69, 9.17) is 11.6 Å². The van der Waals surface area contributed by atoms with Crippen molar-refractivity contribution in [3.05, 3.63) is 59.1 Å². The van der Waals surface area contributed by atoms with Crippen LogP contribution in [0.2, 0.25) is 5.02 Å². The standard InChI is InChI=1S/C17H16ClNOS/c1-2-14(12-6-5-7-13(18)10-12)19-15-8-3-4-9-16(15)21-17(19)11-20/h3-11,14,17H,2H2,1H3/t14-,17?/m1/s1. The summed E-state index contributed by atoms with van der Waals surface area (Å²) in [6.07, 6.45) is 1.94. The second-order valence-corrected chi connectivity index (χ2v) is 6.59. The maximum absolute atomic E-state index is 11.5. The van der Waals surface area contributed by atoms with Crippen LogP contribution in [-0.2, 0) is 4.79 Å². The fourth-order valence-corrected chi connectivity index (χ4v) is 4.18. The average molecular weight is 318 g/mol. The van der Waals surface area contributed by atoms with Crippen molar-refractivity contribution in [2.75, 3.05) is 4.90 Å². The maximum atomic E-state index is 11.5. The van der Waals surface area contributed by atoms with Crippen molar-refractivity contribution >= 4 is 35.3 Å². The molecule has 4 heteroatoms. The number of thioether (sulfide) groups is 1. The van der Waals surface area contributed by atoms with Gasteiger partial charge in [-0.25, -0.2) is 0 Å². The lowest BCUT2D eigenvalue weighted by molar-refractivity contribution is -0.107.